The van der Waals surface area contributed by atoms with Gasteiger partial charge in [-0.1, -0.05) is 12.1 Å². The van der Waals surface area contributed by atoms with Gasteiger partial charge in [0, 0.05) is 17.8 Å². The van der Waals surface area contributed by atoms with Gasteiger partial charge in [0.1, 0.15) is 17.4 Å². The average molecular weight is 299 g/mol. The number of benzene rings is 2. The second kappa shape index (κ2) is 6.47. The van der Waals surface area contributed by atoms with E-state index in [1.165, 1.54) is 24.3 Å². The highest BCUT2D eigenvalue weighted by Gasteiger charge is 2.09. The molecule has 0 radical (unpaired) electrons. The Bertz CT molecular complexity index is 581. The lowest BCUT2D eigenvalue weighted by Crippen LogP contribution is -2.07. The molecule has 2 aromatic rings. The smallest absolute Gasteiger partial charge is 0.387 e. The van der Waals surface area contributed by atoms with Crippen molar-refractivity contribution in [3.8, 4) is 5.75 Å². The van der Waals surface area contributed by atoms with Crippen LogP contribution in [0.2, 0.25) is 0 Å². The minimum Gasteiger partial charge on any atom is -0.435 e. The van der Waals surface area contributed by atoms with Gasteiger partial charge in [0.2, 0.25) is 0 Å². The lowest BCUT2D eigenvalue weighted by molar-refractivity contribution is -0.0498. The molecule has 0 saturated heterocycles. The highest BCUT2D eigenvalue weighted by Crippen LogP contribution is 2.23. The van der Waals surface area contributed by atoms with Crippen molar-refractivity contribution in [1.29, 1.82) is 0 Å². The minimum absolute atomic E-state index is 0.0535. The molecule has 2 aromatic carbocycles. The second-order valence-corrected chi connectivity index (χ2v) is 4.47. The predicted molar refractivity (Wildman–Crippen MR) is 71.5 cm³/mol. The van der Waals surface area contributed by atoms with Crippen LogP contribution in [0.5, 0.6) is 5.75 Å². The number of anilines is 1. The third-order valence-corrected chi connectivity index (χ3v) is 2.85. The molecule has 0 fully saturated rings. The van der Waals surface area contributed by atoms with Gasteiger partial charge in [-0.2, -0.15) is 8.78 Å². The first kappa shape index (κ1) is 15.2. The van der Waals surface area contributed by atoms with E-state index in [0.29, 0.717) is 5.69 Å². The molecule has 0 bridgehead atoms. The lowest BCUT2D eigenvalue weighted by atomic mass is 10.1. The van der Waals surface area contributed by atoms with Crippen molar-refractivity contribution in [2.24, 2.45) is 0 Å². The Hall–Kier alpha value is -2.24. The van der Waals surface area contributed by atoms with E-state index in [9.17, 15) is 17.6 Å². The van der Waals surface area contributed by atoms with Crippen LogP contribution < -0.4 is 10.1 Å². The van der Waals surface area contributed by atoms with Gasteiger partial charge >= 0.3 is 6.61 Å². The lowest BCUT2D eigenvalue weighted by Gasteiger charge is -2.16. The molecule has 1 unspecified atom stereocenters. The summed E-state index contributed by atoms with van der Waals surface area (Å²) in [6.45, 7) is -1.09. The van der Waals surface area contributed by atoms with Gasteiger partial charge < -0.3 is 10.1 Å². The van der Waals surface area contributed by atoms with Crippen LogP contribution in [0.15, 0.2) is 42.5 Å². The molecule has 0 spiro atoms. The molecule has 112 valence electrons. The first-order valence-electron chi connectivity index (χ1n) is 6.21. The van der Waals surface area contributed by atoms with E-state index < -0.39 is 18.2 Å². The maximum absolute atomic E-state index is 13.1. The van der Waals surface area contributed by atoms with Crippen molar-refractivity contribution < 1.29 is 22.3 Å². The molecule has 0 saturated carbocycles. The van der Waals surface area contributed by atoms with E-state index >= 15 is 0 Å². The molecule has 0 aliphatic carbocycles. The zero-order chi connectivity index (χ0) is 15.4. The molecule has 1 N–H and O–H groups in total. The van der Waals surface area contributed by atoms with Crippen molar-refractivity contribution in [2.45, 2.75) is 19.6 Å². The normalized spacial score (nSPS) is 12.3. The summed E-state index contributed by atoms with van der Waals surface area (Å²) in [6.07, 6.45) is 0. The Kier molecular flexibility index (Phi) is 4.67. The number of rotatable bonds is 5. The quantitative estimate of drug-likeness (QED) is 0.805. The van der Waals surface area contributed by atoms with E-state index in [4.69, 9.17) is 0 Å². The van der Waals surface area contributed by atoms with Crippen LogP contribution in [0.1, 0.15) is 18.5 Å². The summed E-state index contributed by atoms with van der Waals surface area (Å²) in [5.41, 5.74) is 1.06. The van der Waals surface area contributed by atoms with Crippen LogP contribution in [-0.4, -0.2) is 6.61 Å². The van der Waals surface area contributed by atoms with Gasteiger partial charge in [0.15, 0.2) is 0 Å². The van der Waals surface area contributed by atoms with Crippen LogP contribution in [-0.2, 0) is 0 Å². The number of ether oxygens (including phenoxy) is 1. The van der Waals surface area contributed by atoms with E-state index in [1.807, 2.05) is 0 Å². The van der Waals surface area contributed by atoms with Gasteiger partial charge in [-0.05, 0) is 36.8 Å². The third kappa shape index (κ3) is 4.37. The molecule has 0 aromatic heterocycles. The van der Waals surface area contributed by atoms with Gasteiger partial charge in [0.25, 0.3) is 0 Å². The molecule has 1 atom stereocenters. The fourth-order valence-electron chi connectivity index (χ4n) is 1.91. The van der Waals surface area contributed by atoms with Crippen molar-refractivity contribution in [1.82, 2.24) is 0 Å². The van der Waals surface area contributed by atoms with E-state index in [0.717, 1.165) is 11.6 Å². The van der Waals surface area contributed by atoms with E-state index in [1.54, 1.807) is 19.1 Å². The molecule has 0 aliphatic rings. The third-order valence-electron chi connectivity index (χ3n) is 2.85. The van der Waals surface area contributed by atoms with Gasteiger partial charge in [-0.15, -0.1) is 0 Å². The molecule has 2 rings (SSSR count). The van der Waals surface area contributed by atoms with Crippen LogP contribution in [0.3, 0.4) is 0 Å². The predicted octanol–water partition coefficient (Wildman–Crippen LogP) is 4.74. The fourth-order valence-corrected chi connectivity index (χ4v) is 1.91. The highest BCUT2D eigenvalue weighted by atomic mass is 19.3. The molecule has 6 heteroatoms. The SMILES string of the molecule is CC(Nc1cc(F)cc(F)c1)c1ccc(OC(F)F)cc1. The standard InChI is InChI=1S/C15H13F4NO/c1-9(20-13-7-11(16)6-12(17)8-13)10-2-4-14(5-3-10)21-15(18)19/h2-9,15,20H,1H3. The summed E-state index contributed by atoms with van der Waals surface area (Å²) >= 11 is 0. The summed E-state index contributed by atoms with van der Waals surface area (Å²) < 4.78 is 54.5. The van der Waals surface area contributed by atoms with Crippen molar-refractivity contribution in [3.63, 3.8) is 0 Å². The Morgan fingerprint density at radius 3 is 2.05 bits per heavy atom. The first-order chi connectivity index (χ1) is 9.94. The van der Waals surface area contributed by atoms with Crippen LogP contribution in [0, 0.1) is 11.6 Å². The zero-order valence-electron chi connectivity index (χ0n) is 11.1. The summed E-state index contributed by atoms with van der Waals surface area (Å²) in [5.74, 6) is -1.30. The van der Waals surface area contributed by atoms with Crippen molar-refractivity contribution in [2.75, 3.05) is 5.32 Å². The summed E-state index contributed by atoms with van der Waals surface area (Å²) in [6, 6.07) is 8.90. The van der Waals surface area contributed by atoms with E-state index in [2.05, 4.69) is 10.1 Å². The first-order valence-corrected chi connectivity index (χ1v) is 6.21. The Balaban J connectivity index is 2.07. The molecule has 0 amide bonds. The van der Waals surface area contributed by atoms with Gasteiger partial charge in [0.05, 0.1) is 0 Å². The molecular formula is C15H13F4NO. The van der Waals surface area contributed by atoms with Gasteiger partial charge in [-0.3, -0.25) is 0 Å². The number of alkyl halides is 2. The van der Waals surface area contributed by atoms with Crippen molar-refractivity contribution in [3.05, 3.63) is 59.7 Å². The highest BCUT2D eigenvalue weighted by molar-refractivity contribution is 5.46. The maximum Gasteiger partial charge on any atom is 0.387 e. The zero-order valence-corrected chi connectivity index (χ0v) is 11.1. The molecule has 21 heavy (non-hydrogen) atoms. The largest absolute Gasteiger partial charge is 0.435 e. The Morgan fingerprint density at radius 2 is 1.52 bits per heavy atom. The average Bonchev–Trinajstić information content (AvgIpc) is 2.37. The second-order valence-electron chi connectivity index (χ2n) is 4.47. The van der Waals surface area contributed by atoms with E-state index in [-0.39, 0.29) is 11.8 Å². The number of hydrogen-bond acceptors (Lipinski definition) is 2. The van der Waals surface area contributed by atoms with Gasteiger partial charge in [-0.25, -0.2) is 8.78 Å². The Labute approximate surface area is 119 Å². The van der Waals surface area contributed by atoms with Crippen LogP contribution in [0.25, 0.3) is 0 Å². The fraction of sp³-hybridized carbons (Fsp3) is 0.200. The number of nitrogens with one attached hydrogen (secondary N) is 1. The summed E-state index contributed by atoms with van der Waals surface area (Å²) in [4.78, 5) is 0. The number of halogens is 4. The minimum atomic E-state index is -2.87. The molecular weight excluding hydrogens is 286 g/mol. The molecule has 0 heterocycles. The Morgan fingerprint density at radius 1 is 0.952 bits per heavy atom. The monoisotopic (exact) mass is 299 g/mol. The summed E-state index contributed by atoms with van der Waals surface area (Å²) in [7, 11) is 0. The topological polar surface area (TPSA) is 21.3 Å². The van der Waals surface area contributed by atoms with Crippen LogP contribution >= 0.6 is 0 Å². The van der Waals surface area contributed by atoms with Crippen LogP contribution in [0.4, 0.5) is 23.2 Å². The molecule has 0 aliphatic heterocycles. The molecule has 2 nitrogen and oxygen atoms in total. The summed E-state index contributed by atoms with van der Waals surface area (Å²) in [5, 5.41) is 2.93. The van der Waals surface area contributed by atoms with Crippen molar-refractivity contribution >= 4 is 5.69 Å². The maximum atomic E-state index is 13.1. The number of hydrogen-bond donors (Lipinski definition) is 1.